The van der Waals surface area contributed by atoms with Crippen molar-refractivity contribution in [1.29, 1.82) is 0 Å². The molecule has 25 heavy (non-hydrogen) atoms. The van der Waals surface area contributed by atoms with Gasteiger partial charge in [-0.25, -0.2) is 0 Å². The molecule has 0 saturated heterocycles. The third-order valence-electron chi connectivity index (χ3n) is 4.22. The van der Waals surface area contributed by atoms with E-state index in [0.717, 1.165) is 22.9 Å². The fourth-order valence-electron chi connectivity index (χ4n) is 2.83. The van der Waals surface area contributed by atoms with Gasteiger partial charge in [-0.15, -0.1) is 0 Å². The number of hydrogen-bond donors (Lipinski definition) is 3. The molecule has 3 N–H and O–H groups in total. The highest BCUT2D eigenvalue weighted by molar-refractivity contribution is 9.10. The molecule has 0 bridgehead atoms. The first-order chi connectivity index (χ1) is 12.0. The number of aromatic hydroxyl groups is 1. The summed E-state index contributed by atoms with van der Waals surface area (Å²) in [6.07, 6.45) is 2.34. The molecule has 0 radical (unpaired) electrons. The van der Waals surface area contributed by atoms with Crippen molar-refractivity contribution in [2.45, 2.75) is 38.8 Å². The number of nitrogens with zero attached hydrogens (tertiary/aromatic N) is 2. The van der Waals surface area contributed by atoms with Gasteiger partial charge in [0.2, 0.25) is 5.88 Å². The van der Waals surface area contributed by atoms with Crippen molar-refractivity contribution in [2.75, 3.05) is 0 Å². The number of aromatic amines is 1. The lowest BCUT2D eigenvalue weighted by Gasteiger charge is -2.13. The van der Waals surface area contributed by atoms with Gasteiger partial charge in [0.05, 0.1) is 11.8 Å². The lowest BCUT2D eigenvalue weighted by Crippen LogP contribution is -2.22. The molecule has 0 spiro atoms. The van der Waals surface area contributed by atoms with Crippen LogP contribution in [-0.4, -0.2) is 20.4 Å². The SMILES string of the molecule is CCCCn1c(O)c(C2=NNC(c3ccc(Br)cc3)C2)c(=O)[nH]c1=S. The second kappa shape index (κ2) is 7.53. The maximum atomic E-state index is 12.4. The smallest absolute Gasteiger partial charge is 0.264 e. The van der Waals surface area contributed by atoms with Crippen LogP contribution in [-0.2, 0) is 6.54 Å². The highest BCUT2D eigenvalue weighted by atomic mass is 79.9. The minimum absolute atomic E-state index is 0.0332. The third-order valence-corrected chi connectivity index (χ3v) is 5.07. The van der Waals surface area contributed by atoms with Crippen molar-refractivity contribution in [3.05, 3.63) is 55.0 Å². The zero-order chi connectivity index (χ0) is 18.0. The van der Waals surface area contributed by atoms with Crippen LogP contribution in [0, 0.1) is 4.77 Å². The molecular formula is C17H19BrN4O2S. The second-order valence-corrected chi connectivity index (χ2v) is 7.26. The standard InChI is InChI=1S/C17H19BrN4O2S/c1-2-3-8-22-16(24)14(15(23)19-17(22)25)13-9-12(20-21-13)10-4-6-11(18)7-5-10/h4-7,12,20,24H,2-3,8-9H2,1H3,(H,19,23,25). The summed E-state index contributed by atoms with van der Waals surface area (Å²) in [5.74, 6) is -0.112. The summed E-state index contributed by atoms with van der Waals surface area (Å²) in [7, 11) is 0. The first-order valence-electron chi connectivity index (χ1n) is 8.15. The molecular weight excluding hydrogens is 404 g/mol. The van der Waals surface area contributed by atoms with Gasteiger partial charge >= 0.3 is 0 Å². The lowest BCUT2D eigenvalue weighted by molar-refractivity contribution is 0.398. The fraction of sp³-hybridized carbons (Fsp3) is 0.353. The first-order valence-corrected chi connectivity index (χ1v) is 9.35. The van der Waals surface area contributed by atoms with Crippen molar-refractivity contribution < 1.29 is 5.11 Å². The van der Waals surface area contributed by atoms with E-state index in [9.17, 15) is 9.90 Å². The van der Waals surface area contributed by atoms with E-state index >= 15 is 0 Å². The third kappa shape index (κ3) is 3.69. The van der Waals surface area contributed by atoms with Crippen LogP contribution in [0.15, 0.2) is 38.6 Å². The monoisotopic (exact) mass is 422 g/mol. The van der Waals surface area contributed by atoms with Crippen molar-refractivity contribution >= 4 is 33.9 Å². The number of H-pyrrole nitrogens is 1. The van der Waals surface area contributed by atoms with E-state index in [1.807, 2.05) is 24.3 Å². The van der Waals surface area contributed by atoms with E-state index in [1.54, 1.807) is 4.57 Å². The van der Waals surface area contributed by atoms with Gasteiger partial charge in [0.1, 0.15) is 5.56 Å². The van der Waals surface area contributed by atoms with Crippen molar-refractivity contribution in [2.24, 2.45) is 5.10 Å². The number of aromatic nitrogens is 2. The van der Waals surface area contributed by atoms with E-state index in [2.05, 4.69) is 38.4 Å². The molecule has 0 fully saturated rings. The van der Waals surface area contributed by atoms with Crippen LogP contribution in [0.2, 0.25) is 0 Å². The van der Waals surface area contributed by atoms with Crippen LogP contribution in [0.1, 0.15) is 43.4 Å². The van der Waals surface area contributed by atoms with E-state index in [0.29, 0.717) is 18.7 Å². The average molecular weight is 423 g/mol. The number of unbranched alkanes of at least 4 members (excludes halogenated alkanes) is 1. The normalized spacial score (nSPS) is 16.6. The minimum atomic E-state index is -0.410. The summed E-state index contributed by atoms with van der Waals surface area (Å²) >= 11 is 8.59. The number of nitrogens with one attached hydrogen (secondary N) is 2. The van der Waals surface area contributed by atoms with Crippen molar-refractivity contribution in [3.8, 4) is 5.88 Å². The van der Waals surface area contributed by atoms with Crippen molar-refractivity contribution in [1.82, 2.24) is 15.0 Å². The zero-order valence-electron chi connectivity index (χ0n) is 13.8. The highest BCUT2D eigenvalue weighted by Gasteiger charge is 2.26. The van der Waals surface area contributed by atoms with Crippen LogP contribution in [0.5, 0.6) is 5.88 Å². The summed E-state index contributed by atoms with van der Waals surface area (Å²) in [5, 5.41) is 14.9. The van der Waals surface area contributed by atoms with Crippen LogP contribution in [0.4, 0.5) is 0 Å². The van der Waals surface area contributed by atoms with E-state index in [1.165, 1.54) is 0 Å². The molecule has 2 aromatic rings. The lowest BCUT2D eigenvalue weighted by atomic mass is 10.0. The molecule has 2 heterocycles. The van der Waals surface area contributed by atoms with Crippen LogP contribution < -0.4 is 11.0 Å². The Morgan fingerprint density at radius 2 is 2.12 bits per heavy atom. The van der Waals surface area contributed by atoms with Gasteiger partial charge in [-0.05, 0) is 36.3 Å². The molecule has 8 heteroatoms. The topological polar surface area (TPSA) is 82.4 Å². The van der Waals surface area contributed by atoms with Gasteiger partial charge < -0.3 is 10.5 Å². The summed E-state index contributed by atoms with van der Waals surface area (Å²) in [6.45, 7) is 2.61. The zero-order valence-corrected chi connectivity index (χ0v) is 16.2. The highest BCUT2D eigenvalue weighted by Crippen LogP contribution is 2.27. The quantitative estimate of drug-likeness (QED) is 0.642. The predicted molar refractivity (Wildman–Crippen MR) is 104 cm³/mol. The first kappa shape index (κ1) is 17.9. The Balaban J connectivity index is 1.91. The number of rotatable bonds is 5. The van der Waals surface area contributed by atoms with Gasteiger partial charge in [0, 0.05) is 17.4 Å². The Morgan fingerprint density at radius 1 is 1.40 bits per heavy atom. The fourth-order valence-corrected chi connectivity index (χ4v) is 3.36. The Morgan fingerprint density at radius 3 is 2.80 bits per heavy atom. The van der Waals surface area contributed by atoms with Gasteiger partial charge in [-0.2, -0.15) is 5.10 Å². The van der Waals surface area contributed by atoms with E-state index in [4.69, 9.17) is 12.2 Å². The molecule has 132 valence electrons. The largest absolute Gasteiger partial charge is 0.494 e. The maximum absolute atomic E-state index is 12.4. The molecule has 3 rings (SSSR count). The van der Waals surface area contributed by atoms with E-state index in [-0.39, 0.29) is 22.3 Å². The summed E-state index contributed by atoms with van der Waals surface area (Å²) < 4.78 is 2.79. The van der Waals surface area contributed by atoms with Gasteiger partial charge in [-0.1, -0.05) is 41.4 Å². The van der Waals surface area contributed by atoms with Crippen molar-refractivity contribution in [3.63, 3.8) is 0 Å². The molecule has 1 atom stereocenters. The molecule has 1 aliphatic heterocycles. The molecule has 0 saturated carbocycles. The van der Waals surface area contributed by atoms with Crippen LogP contribution in [0.3, 0.4) is 0 Å². The molecule has 1 aliphatic rings. The second-order valence-electron chi connectivity index (χ2n) is 5.96. The maximum Gasteiger partial charge on any atom is 0.264 e. The number of hydrogen-bond acceptors (Lipinski definition) is 5. The van der Waals surface area contributed by atoms with E-state index < -0.39 is 5.56 Å². The number of halogens is 1. The molecule has 0 amide bonds. The average Bonchev–Trinajstić information content (AvgIpc) is 3.04. The van der Waals surface area contributed by atoms with Gasteiger partial charge in [0.15, 0.2) is 4.77 Å². The Labute approximate surface area is 158 Å². The summed E-state index contributed by atoms with van der Waals surface area (Å²) in [5.41, 5.74) is 4.43. The molecule has 6 nitrogen and oxygen atoms in total. The minimum Gasteiger partial charge on any atom is -0.494 e. The summed E-state index contributed by atoms with van der Waals surface area (Å²) in [4.78, 5) is 15.0. The number of benzene rings is 1. The van der Waals surface area contributed by atoms with Crippen LogP contribution >= 0.6 is 28.1 Å². The predicted octanol–water partition coefficient (Wildman–Crippen LogP) is 3.61. The summed E-state index contributed by atoms with van der Waals surface area (Å²) in [6, 6.07) is 7.89. The Hall–Kier alpha value is -1.93. The molecule has 1 aromatic carbocycles. The Kier molecular flexibility index (Phi) is 5.39. The van der Waals surface area contributed by atoms with Gasteiger partial charge in [0.25, 0.3) is 5.56 Å². The molecule has 1 unspecified atom stereocenters. The van der Waals surface area contributed by atoms with Gasteiger partial charge in [-0.3, -0.25) is 14.3 Å². The molecule has 1 aromatic heterocycles. The number of hydrazone groups is 1. The van der Waals surface area contributed by atoms with Crippen LogP contribution in [0.25, 0.3) is 0 Å². The Bertz CT molecular complexity index is 918. The molecule has 0 aliphatic carbocycles.